The maximum Gasteiger partial charge on any atom is 0.256 e. The topological polar surface area (TPSA) is 133 Å². The number of aromatic amines is 2. The van der Waals surface area contributed by atoms with Gasteiger partial charge in [0.2, 0.25) is 0 Å². The van der Waals surface area contributed by atoms with E-state index in [1.807, 2.05) is 59.6 Å². The number of carbonyl (C=O) groups excluding carboxylic acids is 2. The summed E-state index contributed by atoms with van der Waals surface area (Å²) in [5, 5.41) is 0. The molecule has 0 aliphatic carbocycles. The highest BCUT2D eigenvalue weighted by molar-refractivity contribution is 5.94. The minimum atomic E-state index is -0.211. The predicted molar refractivity (Wildman–Crippen MR) is 189 cm³/mol. The van der Waals surface area contributed by atoms with Gasteiger partial charge in [0.25, 0.3) is 11.8 Å². The predicted octanol–water partition coefficient (Wildman–Crippen LogP) is 7.64. The fourth-order valence-electron chi connectivity index (χ4n) is 6.44. The van der Waals surface area contributed by atoms with Crippen LogP contribution in [0.2, 0.25) is 0 Å². The molecule has 7 rings (SSSR count). The number of amides is 2. The minimum Gasteiger partial charge on any atom is -0.457 e. The maximum atomic E-state index is 13.2. The number of nitrogens with zero attached hydrogens (tertiary/aromatic N) is 6. The van der Waals surface area contributed by atoms with E-state index in [2.05, 4.69) is 36.8 Å². The Hall–Kier alpha value is -6.10. The van der Waals surface area contributed by atoms with Crippen LogP contribution in [0.15, 0.2) is 110 Å². The van der Waals surface area contributed by atoms with Crippen molar-refractivity contribution in [3.63, 3.8) is 0 Å². The van der Waals surface area contributed by atoms with Crippen LogP contribution in [0.1, 0.15) is 77.1 Å². The molecule has 0 unspecified atom stereocenters. The summed E-state index contributed by atoms with van der Waals surface area (Å²) in [6.45, 7) is 2.78. The number of ether oxygens (including phenoxy) is 1. The van der Waals surface area contributed by atoms with Gasteiger partial charge in [-0.15, -0.1) is 0 Å². The number of nitrogens with one attached hydrogen (secondary N) is 2. The Kier molecular flexibility index (Phi) is 9.45. The van der Waals surface area contributed by atoms with Gasteiger partial charge in [-0.3, -0.25) is 19.6 Å². The zero-order chi connectivity index (χ0) is 34.5. The Morgan fingerprint density at radius 1 is 0.860 bits per heavy atom. The summed E-state index contributed by atoms with van der Waals surface area (Å²) in [5.41, 5.74) is 4.72. The zero-order valence-electron chi connectivity index (χ0n) is 28.0. The molecular formula is C39H38N8O3. The fraction of sp³-hybridized carbons (Fsp3) is 0.231. The second-order valence-corrected chi connectivity index (χ2v) is 12.4. The van der Waals surface area contributed by atoms with E-state index in [0.29, 0.717) is 29.2 Å². The number of imidazole rings is 2. The summed E-state index contributed by atoms with van der Waals surface area (Å²) in [5.74, 6) is 2.76. The first kappa shape index (κ1) is 32.4. The van der Waals surface area contributed by atoms with Gasteiger partial charge in [0.1, 0.15) is 23.1 Å². The number of likely N-dealkylation sites (tertiary alicyclic amines) is 1. The van der Waals surface area contributed by atoms with Gasteiger partial charge in [0.05, 0.1) is 47.0 Å². The molecule has 11 heteroatoms. The minimum absolute atomic E-state index is 0.0290. The van der Waals surface area contributed by atoms with Crippen LogP contribution >= 0.6 is 0 Å². The lowest BCUT2D eigenvalue weighted by Gasteiger charge is -2.26. The normalized spacial score (nSPS) is 14.8. The molecule has 6 aromatic rings. The van der Waals surface area contributed by atoms with Gasteiger partial charge in [-0.05, 0) is 85.5 Å². The van der Waals surface area contributed by atoms with Crippen molar-refractivity contribution >= 4 is 11.8 Å². The first-order valence-corrected chi connectivity index (χ1v) is 16.8. The van der Waals surface area contributed by atoms with Gasteiger partial charge in [0.15, 0.2) is 0 Å². The molecule has 1 aliphatic rings. The van der Waals surface area contributed by atoms with E-state index in [1.54, 1.807) is 67.2 Å². The molecule has 2 atom stereocenters. The molecule has 2 N–H and O–H groups in total. The average Bonchev–Trinajstić information content (AvgIpc) is 3.96. The van der Waals surface area contributed by atoms with Crippen molar-refractivity contribution in [1.82, 2.24) is 39.7 Å². The van der Waals surface area contributed by atoms with E-state index in [9.17, 15) is 9.59 Å². The lowest BCUT2D eigenvalue weighted by atomic mass is 10.1. The van der Waals surface area contributed by atoms with Crippen molar-refractivity contribution in [3.8, 4) is 34.0 Å². The zero-order valence-corrected chi connectivity index (χ0v) is 28.0. The van der Waals surface area contributed by atoms with Crippen molar-refractivity contribution in [3.05, 3.63) is 133 Å². The highest BCUT2D eigenvalue weighted by atomic mass is 16.5. The highest BCUT2D eigenvalue weighted by Gasteiger charge is 2.32. The molecule has 1 fully saturated rings. The van der Waals surface area contributed by atoms with Crippen molar-refractivity contribution in [1.29, 1.82) is 0 Å². The molecule has 1 aliphatic heterocycles. The molecule has 5 heterocycles. The molecule has 11 nitrogen and oxygen atoms in total. The van der Waals surface area contributed by atoms with Gasteiger partial charge in [-0.25, -0.2) is 9.97 Å². The summed E-state index contributed by atoms with van der Waals surface area (Å²) in [6, 6.07) is 22.4. The van der Waals surface area contributed by atoms with Crippen LogP contribution < -0.4 is 4.74 Å². The van der Waals surface area contributed by atoms with Crippen LogP contribution in [0.3, 0.4) is 0 Å². The van der Waals surface area contributed by atoms with E-state index in [0.717, 1.165) is 59.8 Å². The number of H-pyrrole nitrogens is 2. The third-order valence-electron chi connectivity index (χ3n) is 9.05. The fourth-order valence-corrected chi connectivity index (χ4v) is 6.44. The largest absolute Gasteiger partial charge is 0.457 e. The molecule has 4 aromatic heterocycles. The number of pyridine rings is 2. The molecule has 2 amide bonds. The lowest BCUT2D eigenvalue weighted by Crippen LogP contribution is -2.32. The molecule has 2 aromatic carbocycles. The Morgan fingerprint density at radius 2 is 1.60 bits per heavy atom. The van der Waals surface area contributed by atoms with Crippen LogP contribution in [0, 0.1) is 0 Å². The third-order valence-corrected chi connectivity index (χ3v) is 9.05. The number of hydrogen-bond acceptors (Lipinski definition) is 7. The van der Waals surface area contributed by atoms with Crippen molar-refractivity contribution < 1.29 is 14.3 Å². The highest BCUT2D eigenvalue weighted by Crippen LogP contribution is 2.34. The number of aromatic nitrogens is 6. The molecule has 0 spiro atoms. The SMILES string of the molecule is CCC[C@@H](c1ncc(-c2cccc(Oc3ccc(-c4cnc([C@@H]5CCCN5C(=O)c5cccnc5)[nH]4)cc3)c2)[nH]1)N(C)C(=O)c1cccnc1. The molecule has 0 saturated carbocycles. The van der Waals surface area contributed by atoms with Gasteiger partial charge in [0, 0.05) is 43.9 Å². The second-order valence-electron chi connectivity index (χ2n) is 12.4. The Bertz CT molecular complexity index is 2060. The summed E-state index contributed by atoms with van der Waals surface area (Å²) in [6.07, 6.45) is 13.6. The van der Waals surface area contributed by atoms with E-state index >= 15 is 0 Å². The number of carbonyl (C=O) groups is 2. The van der Waals surface area contributed by atoms with Crippen LogP contribution in [-0.4, -0.2) is 65.1 Å². The molecule has 50 heavy (non-hydrogen) atoms. The molecule has 0 bridgehead atoms. The molecule has 0 radical (unpaired) electrons. The lowest BCUT2D eigenvalue weighted by molar-refractivity contribution is 0.0711. The summed E-state index contributed by atoms with van der Waals surface area (Å²) in [4.78, 5) is 54.4. The molecule has 252 valence electrons. The van der Waals surface area contributed by atoms with E-state index in [4.69, 9.17) is 4.74 Å². The van der Waals surface area contributed by atoms with E-state index in [1.165, 1.54) is 0 Å². The summed E-state index contributed by atoms with van der Waals surface area (Å²) < 4.78 is 6.24. The first-order chi connectivity index (χ1) is 24.5. The maximum absolute atomic E-state index is 13.2. The second kappa shape index (κ2) is 14.6. The smallest absolute Gasteiger partial charge is 0.256 e. The van der Waals surface area contributed by atoms with E-state index < -0.39 is 0 Å². The standard InChI is InChI=1S/C39H38N8O3/c1-3-8-34(46(2)38(48)28-10-5-18-40-22-28)36-42-25-33(45-36)27-9-4-12-31(21-27)50-30-16-14-26(15-17-30)32-24-43-37(44-32)35-13-7-20-47(35)39(49)29-11-6-19-41-23-29/h4-6,9-12,14-19,21-25,34-35H,3,7-8,13,20H2,1-2H3,(H,42,45)(H,43,44)/t34-,35-/m0/s1. The van der Waals surface area contributed by atoms with Gasteiger partial charge < -0.3 is 24.5 Å². The van der Waals surface area contributed by atoms with Crippen LogP contribution in [0.25, 0.3) is 22.5 Å². The Morgan fingerprint density at radius 3 is 2.34 bits per heavy atom. The van der Waals surface area contributed by atoms with Gasteiger partial charge in [-0.2, -0.15) is 0 Å². The van der Waals surface area contributed by atoms with E-state index in [-0.39, 0.29) is 23.9 Å². The molecule has 1 saturated heterocycles. The van der Waals surface area contributed by atoms with Crippen molar-refractivity contribution in [2.45, 2.75) is 44.7 Å². The third kappa shape index (κ3) is 6.88. The van der Waals surface area contributed by atoms with Gasteiger partial charge in [-0.1, -0.05) is 25.5 Å². The quantitative estimate of drug-likeness (QED) is 0.145. The van der Waals surface area contributed by atoms with Crippen molar-refractivity contribution in [2.24, 2.45) is 0 Å². The molecular weight excluding hydrogens is 628 g/mol. The number of hydrogen-bond donors (Lipinski definition) is 2. The number of rotatable bonds is 11. The summed E-state index contributed by atoms with van der Waals surface area (Å²) in [7, 11) is 1.80. The average molecular weight is 667 g/mol. The monoisotopic (exact) mass is 666 g/mol. The summed E-state index contributed by atoms with van der Waals surface area (Å²) >= 11 is 0. The van der Waals surface area contributed by atoms with Crippen LogP contribution in [0.4, 0.5) is 0 Å². The Balaban J connectivity index is 1.02. The Labute approximate surface area is 290 Å². The van der Waals surface area contributed by atoms with Crippen LogP contribution in [0.5, 0.6) is 11.5 Å². The van der Waals surface area contributed by atoms with Crippen molar-refractivity contribution in [2.75, 3.05) is 13.6 Å². The van der Waals surface area contributed by atoms with Gasteiger partial charge >= 0.3 is 0 Å². The first-order valence-electron chi connectivity index (χ1n) is 16.8. The number of benzene rings is 2. The van der Waals surface area contributed by atoms with Crippen LogP contribution in [-0.2, 0) is 0 Å².